The number of benzene rings is 2. The lowest BCUT2D eigenvalue weighted by molar-refractivity contribution is -0.130. The molecule has 0 saturated heterocycles. The van der Waals surface area contributed by atoms with Gasteiger partial charge in [0.1, 0.15) is 0 Å². The first-order valence-corrected chi connectivity index (χ1v) is 9.02. The number of ether oxygens (including phenoxy) is 2. The van der Waals surface area contributed by atoms with E-state index in [0.717, 1.165) is 11.1 Å². The van der Waals surface area contributed by atoms with Crippen LogP contribution in [-0.4, -0.2) is 43.5 Å². The minimum atomic E-state index is -3.02. The van der Waals surface area contributed by atoms with E-state index in [1.54, 1.807) is 0 Å². The molecule has 0 radical (unpaired) electrons. The summed E-state index contributed by atoms with van der Waals surface area (Å²) >= 11 is 0. The third-order valence-corrected chi connectivity index (χ3v) is 4.17. The fourth-order valence-corrected chi connectivity index (χ4v) is 2.63. The number of nitrogens with zero attached hydrogens (tertiary/aromatic N) is 1. The molecule has 0 aliphatic carbocycles. The molecule has 158 valence electrons. The number of halogens is 2. The fraction of sp³-hybridized carbons (Fsp3) is 0.273. The number of rotatable bonds is 9. The Morgan fingerprint density at radius 3 is 2.47 bits per heavy atom. The van der Waals surface area contributed by atoms with Crippen molar-refractivity contribution in [2.75, 3.05) is 20.2 Å². The van der Waals surface area contributed by atoms with Crippen LogP contribution in [0.1, 0.15) is 21.5 Å². The lowest BCUT2D eigenvalue weighted by atomic mass is 10.1. The number of nitrogens with one attached hydrogen (secondary N) is 1. The second kappa shape index (κ2) is 10.8. The molecule has 0 unspecified atom stereocenters. The predicted octanol–water partition coefficient (Wildman–Crippen LogP) is 3.00. The first-order valence-electron chi connectivity index (χ1n) is 9.02. The average Bonchev–Trinajstić information content (AvgIpc) is 2.72. The lowest BCUT2D eigenvalue weighted by Crippen LogP contribution is -2.40. The van der Waals surface area contributed by atoms with Crippen molar-refractivity contribution in [1.29, 1.82) is 0 Å². The van der Waals surface area contributed by atoms with Gasteiger partial charge in [-0.3, -0.25) is 9.59 Å². The van der Waals surface area contributed by atoms with Crippen LogP contribution in [0, 0.1) is 19.3 Å². The number of terminal acetylenes is 1. The Bertz CT molecular complexity index is 924. The zero-order chi connectivity index (χ0) is 22.1. The molecule has 0 aromatic heterocycles. The standard InChI is InChI=1S/C22H22F2N2O4/c1-4-11-26(14-16-7-5-15(2)6-8-16)20(27)13-25-21(28)17-9-10-18(30-22(23)24)19(12-17)29-3/h1,5-10,12,22H,11,13-14H2,2-3H3,(H,25,28). The molecule has 0 aliphatic heterocycles. The Morgan fingerprint density at radius 1 is 1.17 bits per heavy atom. The molecule has 2 rings (SSSR count). The maximum Gasteiger partial charge on any atom is 0.387 e. The van der Waals surface area contributed by atoms with Crippen molar-refractivity contribution in [1.82, 2.24) is 10.2 Å². The summed E-state index contributed by atoms with van der Waals surface area (Å²) < 4.78 is 34.1. The quantitative estimate of drug-likeness (QED) is 0.639. The van der Waals surface area contributed by atoms with Crippen molar-refractivity contribution in [3.63, 3.8) is 0 Å². The van der Waals surface area contributed by atoms with E-state index in [9.17, 15) is 18.4 Å². The first kappa shape index (κ1) is 22.7. The third kappa shape index (κ3) is 6.48. The minimum Gasteiger partial charge on any atom is -0.493 e. The van der Waals surface area contributed by atoms with E-state index < -0.39 is 12.5 Å². The van der Waals surface area contributed by atoms with Gasteiger partial charge in [-0.1, -0.05) is 35.7 Å². The minimum absolute atomic E-state index is 0.0254. The van der Waals surface area contributed by atoms with Gasteiger partial charge in [0.05, 0.1) is 20.2 Å². The molecule has 2 amide bonds. The second-order valence-electron chi connectivity index (χ2n) is 6.37. The van der Waals surface area contributed by atoms with Gasteiger partial charge >= 0.3 is 6.61 Å². The van der Waals surface area contributed by atoms with Gasteiger partial charge in [0.25, 0.3) is 5.91 Å². The van der Waals surface area contributed by atoms with Gasteiger partial charge in [-0.2, -0.15) is 8.78 Å². The molecule has 0 aliphatic rings. The Kier molecular flexibility index (Phi) is 8.18. The van der Waals surface area contributed by atoms with Gasteiger partial charge in [-0.15, -0.1) is 6.42 Å². The summed E-state index contributed by atoms with van der Waals surface area (Å²) in [7, 11) is 1.27. The van der Waals surface area contributed by atoms with E-state index in [1.807, 2.05) is 31.2 Å². The molecule has 0 heterocycles. The maximum absolute atomic E-state index is 12.5. The average molecular weight is 416 g/mol. The van der Waals surface area contributed by atoms with Crippen molar-refractivity contribution < 1.29 is 27.8 Å². The highest BCUT2D eigenvalue weighted by Gasteiger charge is 2.17. The van der Waals surface area contributed by atoms with Crippen LogP contribution >= 0.6 is 0 Å². The molecule has 30 heavy (non-hydrogen) atoms. The molecule has 0 fully saturated rings. The molecule has 2 aromatic carbocycles. The second-order valence-corrected chi connectivity index (χ2v) is 6.37. The maximum atomic E-state index is 12.5. The van der Waals surface area contributed by atoms with Crippen LogP contribution in [-0.2, 0) is 11.3 Å². The van der Waals surface area contributed by atoms with Gasteiger partial charge in [0, 0.05) is 12.1 Å². The highest BCUT2D eigenvalue weighted by Crippen LogP contribution is 2.29. The molecule has 8 heteroatoms. The zero-order valence-corrected chi connectivity index (χ0v) is 16.7. The first-order chi connectivity index (χ1) is 14.3. The van der Waals surface area contributed by atoms with Crippen molar-refractivity contribution in [3.8, 4) is 23.8 Å². The van der Waals surface area contributed by atoms with E-state index in [2.05, 4.69) is 16.0 Å². The molecular formula is C22H22F2N2O4. The van der Waals surface area contributed by atoms with Gasteiger partial charge < -0.3 is 19.7 Å². The van der Waals surface area contributed by atoms with E-state index in [-0.39, 0.29) is 36.1 Å². The van der Waals surface area contributed by atoms with Gasteiger partial charge in [0.2, 0.25) is 5.91 Å². The highest BCUT2D eigenvalue weighted by molar-refractivity contribution is 5.97. The summed E-state index contributed by atoms with van der Waals surface area (Å²) in [6.07, 6.45) is 5.36. The van der Waals surface area contributed by atoms with Crippen molar-refractivity contribution >= 4 is 11.8 Å². The van der Waals surface area contributed by atoms with Crippen molar-refractivity contribution in [2.24, 2.45) is 0 Å². The highest BCUT2D eigenvalue weighted by atomic mass is 19.3. The van der Waals surface area contributed by atoms with Crippen LogP contribution in [0.3, 0.4) is 0 Å². The molecule has 0 spiro atoms. The lowest BCUT2D eigenvalue weighted by Gasteiger charge is -2.21. The summed E-state index contributed by atoms with van der Waals surface area (Å²) in [5, 5.41) is 2.50. The van der Waals surface area contributed by atoms with Crippen LogP contribution in [0.4, 0.5) is 8.78 Å². The smallest absolute Gasteiger partial charge is 0.387 e. The summed E-state index contributed by atoms with van der Waals surface area (Å²) in [5.74, 6) is 1.29. The number of methoxy groups -OCH3 is 1. The molecule has 2 aromatic rings. The van der Waals surface area contributed by atoms with E-state index >= 15 is 0 Å². The molecule has 0 bridgehead atoms. The zero-order valence-electron chi connectivity index (χ0n) is 16.7. The molecule has 0 saturated carbocycles. The number of hydrogen-bond donors (Lipinski definition) is 1. The Hall–Kier alpha value is -3.60. The normalized spacial score (nSPS) is 10.3. The monoisotopic (exact) mass is 416 g/mol. The van der Waals surface area contributed by atoms with Gasteiger partial charge in [-0.25, -0.2) is 0 Å². The van der Waals surface area contributed by atoms with E-state index in [0.29, 0.717) is 6.54 Å². The number of carbonyl (C=O) groups excluding carboxylic acids is 2. The number of hydrogen-bond acceptors (Lipinski definition) is 4. The van der Waals surface area contributed by atoms with Crippen LogP contribution in [0.15, 0.2) is 42.5 Å². The molecular weight excluding hydrogens is 394 g/mol. The number of amides is 2. The number of carbonyl (C=O) groups is 2. The van der Waals surface area contributed by atoms with Crippen LogP contribution < -0.4 is 14.8 Å². The fourth-order valence-electron chi connectivity index (χ4n) is 2.63. The largest absolute Gasteiger partial charge is 0.493 e. The SMILES string of the molecule is C#CCN(Cc1ccc(C)cc1)C(=O)CNC(=O)c1ccc(OC(F)F)c(OC)c1. The molecule has 1 N–H and O–H groups in total. The summed E-state index contributed by atoms with van der Waals surface area (Å²) in [4.78, 5) is 26.3. The number of alkyl halides is 2. The predicted molar refractivity (Wildman–Crippen MR) is 107 cm³/mol. The third-order valence-electron chi connectivity index (χ3n) is 4.17. The molecule has 0 atom stereocenters. The van der Waals surface area contributed by atoms with Crippen molar-refractivity contribution in [2.45, 2.75) is 20.1 Å². The van der Waals surface area contributed by atoms with Crippen LogP contribution in [0.5, 0.6) is 11.5 Å². The van der Waals surface area contributed by atoms with Gasteiger partial charge in [0.15, 0.2) is 11.5 Å². The number of aryl methyl sites for hydroxylation is 1. The summed E-state index contributed by atoms with van der Waals surface area (Å²) in [6, 6.07) is 11.4. The van der Waals surface area contributed by atoms with Crippen LogP contribution in [0.25, 0.3) is 0 Å². The Balaban J connectivity index is 2.01. The summed E-state index contributed by atoms with van der Waals surface area (Å²) in [5.41, 5.74) is 2.14. The summed E-state index contributed by atoms with van der Waals surface area (Å²) in [6.45, 7) is -0.927. The topological polar surface area (TPSA) is 67.9 Å². The Labute approximate surface area is 173 Å². The van der Waals surface area contributed by atoms with E-state index in [4.69, 9.17) is 11.2 Å². The van der Waals surface area contributed by atoms with Gasteiger partial charge in [-0.05, 0) is 30.7 Å². The molecule has 6 nitrogen and oxygen atoms in total. The Morgan fingerprint density at radius 2 is 1.87 bits per heavy atom. The van der Waals surface area contributed by atoms with E-state index in [1.165, 1.54) is 30.2 Å². The van der Waals surface area contributed by atoms with Crippen molar-refractivity contribution in [3.05, 3.63) is 59.2 Å². The van der Waals surface area contributed by atoms with Crippen LogP contribution in [0.2, 0.25) is 0 Å².